The van der Waals surface area contributed by atoms with Gasteiger partial charge in [0.05, 0.1) is 12.5 Å². The van der Waals surface area contributed by atoms with Gasteiger partial charge < -0.3 is 29.0 Å². The first kappa shape index (κ1) is 29.3. The lowest BCUT2D eigenvalue weighted by Gasteiger charge is -2.36. The largest absolute Gasteiger partial charge is 0.491 e. The van der Waals surface area contributed by atoms with E-state index in [1.165, 1.54) is 5.56 Å². The summed E-state index contributed by atoms with van der Waals surface area (Å²) in [6.45, 7) is 7.79. The smallest absolute Gasteiger partial charge is 0.250 e. The number of nitrogens with one attached hydrogen (secondary N) is 1. The Balaban J connectivity index is 1.59. The van der Waals surface area contributed by atoms with Crippen molar-refractivity contribution in [3.63, 3.8) is 0 Å². The third-order valence-corrected chi connectivity index (χ3v) is 8.31. The molecule has 214 valence electrons. The van der Waals surface area contributed by atoms with Crippen molar-refractivity contribution in [3.05, 3.63) is 62.6 Å². The van der Waals surface area contributed by atoms with Crippen molar-refractivity contribution in [2.75, 3.05) is 47.1 Å². The zero-order valence-electron chi connectivity index (χ0n) is 24.3. The summed E-state index contributed by atoms with van der Waals surface area (Å²) in [4.78, 5) is 29.0. The van der Waals surface area contributed by atoms with Crippen molar-refractivity contribution in [2.24, 2.45) is 13.0 Å². The molecule has 0 radical (unpaired) electrons. The molecule has 2 atom stereocenters. The van der Waals surface area contributed by atoms with E-state index >= 15 is 0 Å². The molecule has 1 saturated carbocycles. The number of methoxy groups -OCH3 is 2. The molecule has 8 nitrogen and oxygen atoms in total. The van der Waals surface area contributed by atoms with Crippen LogP contribution in [0.5, 0.6) is 5.75 Å². The van der Waals surface area contributed by atoms with Crippen LogP contribution >= 0.6 is 0 Å². The first-order valence-corrected chi connectivity index (χ1v) is 14.3. The molecule has 0 unspecified atom stereocenters. The Bertz CT molecular complexity index is 1160. The number of rotatable bonds is 13. The van der Waals surface area contributed by atoms with Gasteiger partial charge in [0.2, 0.25) is 5.91 Å². The second-order valence-corrected chi connectivity index (χ2v) is 11.0. The number of benzene rings is 1. The summed E-state index contributed by atoms with van der Waals surface area (Å²) >= 11 is 0. The highest BCUT2D eigenvalue weighted by atomic mass is 16.5. The topological polar surface area (TPSA) is 82.0 Å². The molecular weight excluding hydrogens is 494 g/mol. The van der Waals surface area contributed by atoms with Gasteiger partial charge in [0.1, 0.15) is 12.4 Å². The molecule has 0 bridgehead atoms. The van der Waals surface area contributed by atoms with Crippen molar-refractivity contribution in [1.29, 1.82) is 0 Å². The Morgan fingerprint density at radius 3 is 2.49 bits per heavy atom. The summed E-state index contributed by atoms with van der Waals surface area (Å²) in [5, 5.41) is 3.45. The molecule has 2 aromatic rings. The fraction of sp³-hybridized carbons (Fsp3) is 0.613. The molecule has 0 spiro atoms. The molecule has 1 aromatic carbocycles. The summed E-state index contributed by atoms with van der Waals surface area (Å²) in [7, 11) is 5.20. The van der Waals surface area contributed by atoms with E-state index in [1.807, 2.05) is 14.0 Å². The normalized spacial score (nSPS) is 19.2. The standard InChI is InChI=1S/C31H45N3O5/c1-21-22(2)33(3)30(35)18-28(21)27-10-11-32-19-29(27)31(36)34(25-8-9-25)20-24-15-23(7-6-12-37-4)16-26(17-24)39-14-13-38-5/h15-18,25,27,29,32H,6-14,19-20H2,1-5H3/t27-,29+/m1/s1. The van der Waals surface area contributed by atoms with Crippen LogP contribution in [-0.4, -0.2) is 68.5 Å². The maximum absolute atomic E-state index is 14.2. The van der Waals surface area contributed by atoms with Crippen LogP contribution in [0.4, 0.5) is 0 Å². The van der Waals surface area contributed by atoms with E-state index in [-0.39, 0.29) is 29.3 Å². The number of carbonyl (C=O) groups is 1. The Hall–Kier alpha value is -2.68. The highest BCUT2D eigenvalue weighted by molar-refractivity contribution is 5.81. The predicted octanol–water partition coefficient (Wildman–Crippen LogP) is 3.49. The van der Waals surface area contributed by atoms with Crippen LogP contribution in [-0.2, 0) is 34.3 Å². The van der Waals surface area contributed by atoms with Crippen LogP contribution in [0.1, 0.15) is 59.5 Å². The zero-order valence-corrected chi connectivity index (χ0v) is 24.3. The van der Waals surface area contributed by atoms with Crippen LogP contribution in [0.25, 0.3) is 0 Å². The SMILES string of the molecule is COCCCc1cc(CN(C(=O)[C@H]2CNCC[C@@H]2c2cc(=O)n(C)c(C)c2C)C2CC2)cc(OCCOC)c1. The minimum atomic E-state index is -0.202. The fourth-order valence-corrected chi connectivity index (χ4v) is 5.73. The van der Waals surface area contributed by atoms with Gasteiger partial charge in [-0.15, -0.1) is 0 Å². The summed E-state index contributed by atoms with van der Waals surface area (Å²) in [5.74, 6) is 0.815. The quantitative estimate of drug-likeness (QED) is 0.393. The van der Waals surface area contributed by atoms with Crippen molar-refractivity contribution < 1.29 is 19.0 Å². The van der Waals surface area contributed by atoms with Crippen LogP contribution in [0, 0.1) is 19.8 Å². The predicted molar refractivity (Wildman–Crippen MR) is 152 cm³/mol. The number of nitrogens with zero attached hydrogens (tertiary/aromatic N) is 2. The minimum absolute atomic E-state index is 0.0110. The molecule has 1 N–H and O–H groups in total. The van der Waals surface area contributed by atoms with Crippen molar-refractivity contribution in [1.82, 2.24) is 14.8 Å². The molecule has 2 fully saturated rings. The van der Waals surface area contributed by atoms with E-state index in [4.69, 9.17) is 14.2 Å². The van der Waals surface area contributed by atoms with Gasteiger partial charge in [0.25, 0.3) is 5.56 Å². The number of hydrogen-bond acceptors (Lipinski definition) is 6. The number of pyridine rings is 1. The number of aromatic nitrogens is 1. The third kappa shape index (κ3) is 7.29. The maximum Gasteiger partial charge on any atom is 0.250 e. The molecule has 1 aromatic heterocycles. The number of amides is 1. The summed E-state index contributed by atoms with van der Waals surface area (Å²) in [6.07, 6.45) is 4.72. The first-order valence-electron chi connectivity index (χ1n) is 14.3. The van der Waals surface area contributed by atoms with Crippen molar-refractivity contribution in [3.8, 4) is 5.75 Å². The van der Waals surface area contributed by atoms with Gasteiger partial charge in [-0.05, 0) is 92.8 Å². The van der Waals surface area contributed by atoms with Gasteiger partial charge in [-0.1, -0.05) is 6.07 Å². The van der Waals surface area contributed by atoms with Crippen LogP contribution in [0.2, 0.25) is 0 Å². The second kappa shape index (κ2) is 13.6. The van der Waals surface area contributed by atoms with Gasteiger partial charge in [-0.25, -0.2) is 0 Å². The number of hydrogen-bond donors (Lipinski definition) is 1. The number of piperidine rings is 1. The van der Waals surface area contributed by atoms with E-state index in [1.54, 1.807) is 24.9 Å². The van der Waals surface area contributed by atoms with E-state index in [9.17, 15) is 9.59 Å². The minimum Gasteiger partial charge on any atom is -0.491 e. The highest BCUT2D eigenvalue weighted by Gasteiger charge is 2.40. The molecule has 1 aliphatic carbocycles. The number of ether oxygens (including phenoxy) is 3. The van der Waals surface area contributed by atoms with Gasteiger partial charge in [-0.3, -0.25) is 9.59 Å². The average molecular weight is 540 g/mol. The Labute approximate surface area is 232 Å². The number of aryl methyl sites for hydroxylation is 1. The molecule has 1 aliphatic heterocycles. The molecule has 1 amide bonds. The fourth-order valence-electron chi connectivity index (χ4n) is 5.73. The van der Waals surface area contributed by atoms with Gasteiger partial charge in [0, 0.05) is 58.8 Å². The molecule has 4 rings (SSSR count). The monoisotopic (exact) mass is 539 g/mol. The van der Waals surface area contributed by atoms with Crippen LogP contribution < -0.4 is 15.6 Å². The summed E-state index contributed by atoms with van der Waals surface area (Å²) < 4.78 is 18.1. The summed E-state index contributed by atoms with van der Waals surface area (Å²) in [6, 6.07) is 8.37. The third-order valence-electron chi connectivity index (χ3n) is 8.31. The first-order chi connectivity index (χ1) is 18.8. The van der Waals surface area contributed by atoms with E-state index in [0.29, 0.717) is 32.9 Å². The van der Waals surface area contributed by atoms with Crippen LogP contribution in [0.3, 0.4) is 0 Å². The van der Waals surface area contributed by atoms with Gasteiger partial charge >= 0.3 is 0 Å². The lowest BCUT2D eigenvalue weighted by atomic mass is 9.78. The highest BCUT2D eigenvalue weighted by Crippen LogP contribution is 2.37. The molecular formula is C31H45N3O5. The zero-order chi connectivity index (χ0) is 27.9. The average Bonchev–Trinajstić information content (AvgIpc) is 3.78. The van der Waals surface area contributed by atoms with E-state index < -0.39 is 0 Å². The molecule has 8 heteroatoms. The number of carbonyl (C=O) groups excluding carboxylic acids is 1. The van der Waals surface area contributed by atoms with Crippen LogP contribution in [0.15, 0.2) is 29.1 Å². The Morgan fingerprint density at radius 2 is 1.77 bits per heavy atom. The van der Waals surface area contributed by atoms with Gasteiger partial charge in [0.15, 0.2) is 0 Å². The second-order valence-electron chi connectivity index (χ2n) is 11.0. The summed E-state index contributed by atoms with van der Waals surface area (Å²) in [5.41, 5.74) is 5.36. The van der Waals surface area contributed by atoms with Crippen molar-refractivity contribution in [2.45, 2.75) is 64.5 Å². The van der Waals surface area contributed by atoms with Crippen molar-refractivity contribution >= 4 is 5.91 Å². The molecule has 2 aliphatic rings. The lowest BCUT2D eigenvalue weighted by Crippen LogP contribution is -2.47. The lowest BCUT2D eigenvalue weighted by molar-refractivity contribution is -0.138. The molecule has 2 heterocycles. The van der Waals surface area contributed by atoms with E-state index in [0.717, 1.165) is 66.8 Å². The Kier molecular flexibility index (Phi) is 10.2. The molecule has 39 heavy (non-hydrogen) atoms. The molecule has 1 saturated heterocycles. The maximum atomic E-state index is 14.2. The van der Waals surface area contributed by atoms with E-state index in [2.05, 4.69) is 35.3 Å². The Morgan fingerprint density at radius 1 is 1.03 bits per heavy atom. The van der Waals surface area contributed by atoms with Gasteiger partial charge in [-0.2, -0.15) is 0 Å².